The Labute approximate surface area is 179 Å². The molecular formula is C21H17Cl4NO. The van der Waals surface area contributed by atoms with Crippen molar-refractivity contribution in [1.29, 1.82) is 0 Å². The Morgan fingerprint density at radius 2 is 1.56 bits per heavy atom. The van der Waals surface area contributed by atoms with Crippen LogP contribution in [0.3, 0.4) is 0 Å². The zero-order valence-corrected chi connectivity index (χ0v) is 17.6. The third-order valence-electron chi connectivity index (χ3n) is 4.00. The lowest BCUT2D eigenvalue weighted by atomic mass is 10.2. The van der Waals surface area contributed by atoms with Crippen LogP contribution in [0.1, 0.15) is 16.7 Å². The maximum Gasteiger partial charge on any atom is 0.156 e. The number of halogens is 4. The molecule has 0 aliphatic heterocycles. The van der Waals surface area contributed by atoms with Crippen molar-refractivity contribution >= 4 is 52.1 Å². The molecule has 0 saturated carbocycles. The van der Waals surface area contributed by atoms with Gasteiger partial charge >= 0.3 is 0 Å². The summed E-state index contributed by atoms with van der Waals surface area (Å²) in [6, 6.07) is 17.0. The van der Waals surface area contributed by atoms with Gasteiger partial charge in [0.1, 0.15) is 6.61 Å². The van der Waals surface area contributed by atoms with Crippen LogP contribution in [-0.4, -0.2) is 0 Å². The predicted octanol–water partition coefficient (Wildman–Crippen LogP) is 7.80. The van der Waals surface area contributed by atoms with Gasteiger partial charge in [-0.2, -0.15) is 0 Å². The normalized spacial score (nSPS) is 10.7. The van der Waals surface area contributed by atoms with Crippen molar-refractivity contribution in [2.75, 3.05) is 5.32 Å². The molecule has 0 aromatic heterocycles. The molecule has 6 heteroatoms. The van der Waals surface area contributed by atoms with E-state index in [0.29, 0.717) is 34.0 Å². The minimum Gasteiger partial charge on any atom is -0.486 e. The molecule has 3 aromatic carbocycles. The molecule has 0 saturated heterocycles. The average Bonchev–Trinajstić information content (AvgIpc) is 2.62. The van der Waals surface area contributed by atoms with E-state index in [1.807, 2.05) is 61.5 Å². The first-order valence-corrected chi connectivity index (χ1v) is 9.79. The first-order chi connectivity index (χ1) is 12.9. The lowest BCUT2D eigenvalue weighted by Crippen LogP contribution is -2.01. The predicted molar refractivity (Wildman–Crippen MR) is 116 cm³/mol. The number of rotatable bonds is 6. The third kappa shape index (κ3) is 5.46. The van der Waals surface area contributed by atoms with Crippen LogP contribution in [0.15, 0.2) is 54.6 Å². The zero-order valence-electron chi connectivity index (χ0n) is 14.5. The van der Waals surface area contributed by atoms with Crippen molar-refractivity contribution in [3.8, 4) is 5.75 Å². The number of anilines is 1. The molecule has 27 heavy (non-hydrogen) atoms. The molecule has 0 bridgehead atoms. The maximum absolute atomic E-state index is 6.38. The Hall–Kier alpha value is -1.58. The van der Waals surface area contributed by atoms with Gasteiger partial charge < -0.3 is 10.1 Å². The molecule has 0 heterocycles. The molecule has 3 aromatic rings. The average molecular weight is 441 g/mol. The minimum atomic E-state index is 0.333. The molecule has 1 N–H and O–H groups in total. The molecule has 0 atom stereocenters. The van der Waals surface area contributed by atoms with Crippen LogP contribution in [0.25, 0.3) is 0 Å². The molecule has 0 unspecified atom stereocenters. The molecule has 0 aliphatic carbocycles. The van der Waals surface area contributed by atoms with Crippen LogP contribution < -0.4 is 10.1 Å². The summed E-state index contributed by atoms with van der Waals surface area (Å²) in [5, 5.41) is 5.61. The molecule has 3 rings (SSSR count). The van der Waals surface area contributed by atoms with Crippen LogP contribution >= 0.6 is 46.4 Å². The van der Waals surface area contributed by atoms with E-state index in [-0.39, 0.29) is 0 Å². The van der Waals surface area contributed by atoms with Gasteiger partial charge in [-0.15, -0.1) is 0 Å². The summed E-state index contributed by atoms with van der Waals surface area (Å²) in [5.41, 5.74) is 3.85. The van der Waals surface area contributed by atoms with Gasteiger partial charge in [0.2, 0.25) is 0 Å². The van der Waals surface area contributed by atoms with E-state index in [2.05, 4.69) is 5.32 Å². The van der Waals surface area contributed by atoms with Gasteiger partial charge in [0, 0.05) is 22.3 Å². The lowest BCUT2D eigenvalue weighted by Gasteiger charge is -2.13. The van der Waals surface area contributed by atoms with Gasteiger partial charge in [0.05, 0.1) is 10.0 Å². The summed E-state index contributed by atoms with van der Waals surface area (Å²) >= 11 is 24.9. The smallest absolute Gasteiger partial charge is 0.156 e. The van der Waals surface area contributed by atoms with Gasteiger partial charge in [-0.3, -0.25) is 0 Å². The number of ether oxygens (including phenoxy) is 1. The summed E-state index contributed by atoms with van der Waals surface area (Å²) in [5.74, 6) is 0.459. The SMILES string of the molecule is Cc1ccc(NCc2cc(Cl)c(OCc3cccc(Cl)c3)c(Cl)c2)cc1Cl. The standard InChI is InChI=1S/C21H17Cl4NO/c1-13-5-6-17(10-18(13)23)26-11-15-8-19(24)21(20(25)9-15)27-12-14-3-2-4-16(22)7-14/h2-10,26H,11-12H2,1H3. The number of aryl methyl sites for hydroxylation is 1. The fourth-order valence-corrected chi connectivity index (χ4v) is 3.58. The molecule has 0 spiro atoms. The Kier molecular flexibility index (Phi) is 6.78. The highest BCUT2D eigenvalue weighted by Gasteiger charge is 2.11. The summed E-state index contributed by atoms with van der Waals surface area (Å²) in [7, 11) is 0. The Morgan fingerprint density at radius 1 is 0.815 bits per heavy atom. The van der Waals surface area contributed by atoms with Crippen molar-refractivity contribution in [2.24, 2.45) is 0 Å². The van der Waals surface area contributed by atoms with E-state index in [9.17, 15) is 0 Å². The van der Waals surface area contributed by atoms with Gasteiger partial charge in [0.15, 0.2) is 5.75 Å². The maximum atomic E-state index is 6.38. The second-order valence-corrected chi connectivity index (χ2v) is 7.78. The van der Waals surface area contributed by atoms with E-state index < -0.39 is 0 Å². The molecular weight excluding hydrogens is 424 g/mol. The highest BCUT2D eigenvalue weighted by Crippen LogP contribution is 2.35. The van der Waals surface area contributed by atoms with E-state index in [1.165, 1.54) is 0 Å². The second kappa shape index (κ2) is 9.07. The molecule has 0 radical (unpaired) electrons. The molecule has 0 aliphatic rings. The van der Waals surface area contributed by atoms with E-state index in [1.54, 1.807) is 0 Å². The fourth-order valence-electron chi connectivity index (χ4n) is 2.54. The van der Waals surface area contributed by atoms with E-state index in [4.69, 9.17) is 51.1 Å². The van der Waals surface area contributed by atoms with Crippen molar-refractivity contribution in [3.05, 3.63) is 91.4 Å². The number of hydrogen-bond donors (Lipinski definition) is 1. The number of hydrogen-bond acceptors (Lipinski definition) is 2. The lowest BCUT2D eigenvalue weighted by molar-refractivity contribution is 0.306. The second-order valence-electron chi connectivity index (χ2n) is 6.12. The van der Waals surface area contributed by atoms with Crippen LogP contribution in [0, 0.1) is 6.92 Å². The van der Waals surface area contributed by atoms with Gasteiger partial charge in [0.25, 0.3) is 0 Å². The summed E-state index contributed by atoms with van der Waals surface area (Å²) in [6.07, 6.45) is 0. The first kappa shape index (κ1) is 20.2. The van der Waals surface area contributed by atoms with Crippen LogP contribution in [0.4, 0.5) is 5.69 Å². The molecule has 0 amide bonds. The Balaban J connectivity index is 1.67. The van der Waals surface area contributed by atoms with Gasteiger partial charge in [-0.25, -0.2) is 0 Å². The van der Waals surface area contributed by atoms with Gasteiger partial charge in [-0.1, -0.05) is 64.6 Å². The largest absolute Gasteiger partial charge is 0.486 e. The third-order valence-corrected chi connectivity index (χ3v) is 5.20. The monoisotopic (exact) mass is 439 g/mol. The quantitative estimate of drug-likeness (QED) is 0.422. The van der Waals surface area contributed by atoms with Crippen LogP contribution in [0.2, 0.25) is 20.1 Å². The zero-order chi connectivity index (χ0) is 19.4. The highest BCUT2D eigenvalue weighted by molar-refractivity contribution is 6.37. The number of benzene rings is 3. The summed E-state index contributed by atoms with van der Waals surface area (Å²) in [6.45, 7) is 2.86. The Morgan fingerprint density at radius 3 is 2.22 bits per heavy atom. The summed E-state index contributed by atoms with van der Waals surface area (Å²) < 4.78 is 5.79. The number of nitrogens with one attached hydrogen (secondary N) is 1. The van der Waals surface area contributed by atoms with Gasteiger partial charge in [-0.05, 0) is 60.0 Å². The van der Waals surface area contributed by atoms with Crippen molar-refractivity contribution < 1.29 is 4.74 Å². The Bertz CT molecular complexity index is 936. The first-order valence-electron chi connectivity index (χ1n) is 8.27. The molecule has 140 valence electrons. The van der Waals surface area contributed by atoms with Crippen molar-refractivity contribution in [3.63, 3.8) is 0 Å². The van der Waals surface area contributed by atoms with E-state index >= 15 is 0 Å². The van der Waals surface area contributed by atoms with Crippen molar-refractivity contribution in [2.45, 2.75) is 20.1 Å². The summed E-state index contributed by atoms with van der Waals surface area (Å²) in [4.78, 5) is 0. The van der Waals surface area contributed by atoms with Crippen LogP contribution in [-0.2, 0) is 13.2 Å². The van der Waals surface area contributed by atoms with E-state index in [0.717, 1.165) is 27.4 Å². The minimum absolute atomic E-state index is 0.333. The topological polar surface area (TPSA) is 21.3 Å². The van der Waals surface area contributed by atoms with Crippen molar-refractivity contribution in [1.82, 2.24) is 0 Å². The fraction of sp³-hybridized carbons (Fsp3) is 0.143. The molecule has 2 nitrogen and oxygen atoms in total. The molecule has 0 fully saturated rings. The van der Waals surface area contributed by atoms with Crippen LogP contribution in [0.5, 0.6) is 5.75 Å². The highest BCUT2D eigenvalue weighted by atomic mass is 35.5.